The van der Waals surface area contributed by atoms with Gasteiger partial charge in [-0.05, 0) is 56.9 Å². The molecule has 0 radical (unpaired) electrons. The Bertz CT molecular complexity index is 1030. The predicted molar refractivity (Wildman–Crippen MR) is 132 cm³/mol. The maximum atomic E-state index is 12.9. The van der Waals surface area contributed by atoms with Crippen LogP contribution in [0, 0.1) is 0 Å². The largest absolute Gasteiger partial charge is 0.481 e. The fourth-order valence-corrected chi connectivity index (χ4v) is 4.43. The molecule has 0 bridgehead atoms. The third-order valence-electron chi connectivity index (χ3n) is 5.78. The second kappa shape index (κ2) is 10.9. The second-order valence-corrected chi connectivity index (χ2v) is 9.89. The van der Waals surface area contributed by atoms with E-state index in [1.165, 1.54) is 0 Å². The van der Waals surface area contributed by atoms with Gasteiger partial charge >= 0.3 is 12.1 Å². The van der Waals surface area contributed by atoms with Crippen molar-refractivity contribution in [3.05, 3.63) is 59.7 Å². The van der Waals surface area contributed by atoms with Crippen LogP contribution in [-0.4, -0.2) is 53.5 Å². The van der Waals surface area contributed by atoms with Crippen LogP contribution in [0.25, 0.3) is 11.1 Å². The van der Waals surface area contributed by atoms with Gasteiger partial charge in [0.25, 0.3) is 0 Å². The van der Waals surface area contributed by atoms with E-state index in [1.54, 1.807) is 13.8 Å². The van der Waals surface area contributed by atoms with Crippen molar-refractivity contribution in [3.8, 4) is 11.1 Å². The molecule has 2 aromatic carbocycles. The van der Waals surface area contributed by atoms with Gasteiger partial charge in [-0.15, -0.1) is 0 Å². The number of carboxylic acid groups (broad SMARTS) is 1. The Morgan fingerprint density at radius 2 is 1.49 bits per heavy atom. The standard InChI is InChI=1S/C27H34N2O6/c1-16(14-23(30)31)28-25(32)24(17(2)35-27(3,4)5)29-26(33)34-15-22-20-12-8-6-10-18(20)19-11-7-9-13-21(19)22/h6-13,16-17,22,24H,14-15H2,1-5H3,(H,28,32)(H,29,33)(H,30,31)/t16-,17-,24+/m1/s1. The van der Waals surface area contributed by atoms with Gasteiger partial charge in [0.2, 0.25) is 5.91 Å². The van der Waals surface area contributed by atoms with Crippen molar-refractivity contribution in [2.45, 2.75) is 70.7 Å². The number of alkyl carbamates (subject to hydrolysis) is 1. The van der Waals surface area contributed by atoms with Gasteiger partial charge in [0, 0.05) is 12.0 Å². The molecule has 0 heterocycles. The SMILES string of the molecule is C[C@H](CC(=O)O)NC(=O)[C@@H](NC(=O)OCC1c2ccccc2-c2ccccc21)[C@@H](C)OC(C)(C)C. The quantitative estimate of drug-likeness (QED) is 0.496. The Kier molecular flexibility index (Phi) is 8.17. The Morgan fingerprint density at radius 3 is 2.00 bits per heavy atom. The molecule has 3 rings (SSSR count). The molecule has 3 N–H and O–H groups in total. The smallest absolute Gasteiger partial charge is 0.407 e. The minimum atomic E-state index is -1.07. The first kappa shape index (κ1) is 26.2. The molecule has 0 spiro atoms. The number of carbonyl (C=O) groups excluding carboxylic acids is 2. The lowest BCUT2D eigenvalue weighted by atomic mass is 9.98. The van der Waals surface area contributed by atoms with E-state index in [-0.39, 0.29) is 18.9 Å². The van der Waals surface area contributed by atoms with Crippen LogP contribution in [0.15, 0.2) is 48.5 Å². The summed E-state index contributed by atoms with van der Waals surface area (Å²) in [6, 6.07) is 14.4. The molecule has 1 aliphatic carbocycles. The molecule has 188 valence electrons. The van der Waals surface area contributed by atoms with Gasteiger partial charge in [-0.1, -0.05) is 48.5 Å². The Hall–Kier alpha value is -3.39. The van der Waals surface area contributed by atoms with Gasteiger partial charge in [0.15, 0.2) is 0 Å². The third kappa shape index (κ3) is 6.82. The molecule has 0 saturated carbocycles. The molecule has 2 amide bonds. The van der Waals surface area contributed by atoms with Crippen molar-refractivity contribution in [2.75, 3.05) is 6.61 Å². The van der Waals surface area contributed by atoms with E-state index in [0.717, 1.165) is 22.3 Å². The number of hydrogen-bond acceptors (Lipinski definition) is 5. The number of fused-ring (bicyclic) bond motifs is 3. The first-order valence-electron chi connectivity index (χ1n) is 11.8. The van der Waals surface area contributed by atoms with Crippen LogP contribution in [0.2, 0.25) is 0 Å². The van der Waals surface area contributed by atoms with Gasteiger partial charge in [0.05, 0.1) is 18.1 Å². The van der Waals surface area contributed by atoms with Crippen LogP contribution in [0.5, 0.6) is 0 Å². The summed E-state index contributed by atoms with van der Waals surface area (Å²) in [5, 5.41) is 14.3. The summed E-state index contributed by atoms with van der Waals surface area (Å²) in [6.45, 7) is 8.92. The fraction of sp³-hybridized carbons (Fsp3) is 0.444. The first-order chi connectivity index (χ1) is 16.5. The van der Waals surface area contributed by atoms with E-state index in [2.05, 4.69) is 22.8 Å². The molecular weight excluding hydrogens is 448 g/mol. The van der Waals surface area contributed by atoms with Gasteiger partial charge in [-0.2, -0.15) is 0 Å². The van der Waals surface area contributed by atoms with E-state index < -0.39 is 41.8 Å². The van der Waals surface area contributed by atoms with Gasteiger partial charge in [-0.25, -0.2) is 4.79 Å². The summed E-state index contributed by atoms with van der Waals surface area (Å²) in [4.78, 5) is 36.7. The Balaban J connectivity index is 1.70. The summed E-state index contributed by atoms with van der Waals surface area (Å²) >= 11 is 0. The lowest BCUT2D eigenvalue weighted by Gasteiger charge is -2.31. The lowest BCUT2D eigenvalue weighted by molar-refractivity contribution is -0.138. The van der Waals surface area contributed by atoms with Crippen molar-refractivity contribution in [3.63, 3.8) is 0 Å². The third-order valence-corrected chi connectivity index (χ3v) is 5.78. The average molecular weight is 483 g/mol. The highest BCUT2D eigenvalue weighted by molar-refractivity contribution is 5.87. The minimum Gasteiger partial charge on any atom is -0.481 e. The number of nitrogens with one attached hydrogen (secondary N) is 2. The molecule has 0 unspecified atom stereocenters. The molecule has 8 nitrogen and oxygen atoms in total. The molecule has 0 fully saturated rings. The molecule has 0 aliphatic heterocycles. The number of aliphatic carboxylic acids is 1. The zero-order chi connectivity index (χ0) is 25.8. The number of rotatable bonds is 9. The fourth-order valence-electron chi connectivity index (χ4n) is 4.43. The van der Waals surface area contributed by atoms with Crippen molar-refractivity contribution < 1.29 is 29.0 Å². The Labute approximate surface area is 206 Å². The van der Waals surface area contributed by atoms with Crippen molar-refractivity contribution >= 4 is 18.0 Å². The van der Waals surface area contributed by atoms with Gasteiger partial charge < -0.3 is 25.2 Å². The van der Waals surface area contributed by atoms with Crippen LogP contribution in [-0.2, 0) is 19.1 Å². The summed E-state index contributed by atoms with van der Waals surface area (Å²) < 4.78 is 11.5. The van der Waals surface area contributed by atoms with E-state index in [9.17, 15) is 14.4 Å². The molecule has 0 saturated heterocycles. The number of carbonyl (C=O) groups is 3. The first-order valence-corrected chi connectivity index (χ1v) is 11.8. The summed E-state index contributed by atoms with van der Waals surface area (Å²) in [6.07, 6.45) is -1.67. The number of amides is 2. The highest BCUT2D eigenvalue weighted by Crippen LogP contribution is 2.44. The summed E-state index contributed by atoms with van der Waals surface area (Å²) in [7, 11) is 0. The number of hydrogen-bond donors (Lipinski definition) is 3. The van der Waals surface area contributed by atoms with Gasteiger partial charge in [0.1, 0.15) is 12.6 Å². The molecule has 2 aromatic rings. The van der Waals surface area contributed by atoms with Crippen molar-refractivity contribution in [1.29, 1.82) is 0 Å². The van der Waals surface area contributed by atoms with E-state index in [1.807, 2.05) is 57.2 Å². The maximum Gasteiger partial charge on any atom is 0.407 e. The van der Waals surface area contributed by atoms with Crippen molar-refractivity contribution in [1.82, 2.24) is 10.6 Å². The highest BCUT2D eigenvalue weighted by atomic mass is 16.6. The maximum absolute atomic E-state index is 12.9. The molecule has 8 heteroatoms. The van der Waals surface area contributed by atoms with E-state index >= 15 is 0 Å². The minimum absolute atomic E-state index is 0.109. The van der Waals surface area contributed by atoms with Crippen LogP contribution < -0.4 is 10.6 Å². The molecular formula is C27H34N2O6. The van der Waals surface area contributed by atoms with E-state index in [4.69, 9.17) is 14.6 Å². The normalized spacial score (nSPS) is 15.3. The zero-order valence-electron chi connectivity index (χ0n) is 20.8. The monoisotopic (exact) mass is 482 g/mol. The van der Waals surface area contributed by atoms with E-state index in [0.29, 0.717) is 0 Å². The zero-order valence-corrected chi connectivity index (χ0v) is 20.8. The molecule has 3 atom stereocenters. The molecule has 0 aromatic heterocycles. The lowest BCUT2D eigenvalue weighted by Crippen LogP contribution is -2.56. The molecule has 35 heavy (non-hydrogen) atoms. The summed E-state index contributed by atoms with van der Waals surface area (Å²) in [5.41, 5.74) is 3.85. The van der Waals surface area contributed by atoms with Crippen LogP contribution in [0.3, 0.4) is 0 Å². The number of carboxylic acids is 1. The summed E-state index contributed by atoms with van der Waals surface area (Å²) in [5.74, 6) is -1.68. The van der Waals surface area contributed by atoms with Crippen LogP contribution in [0.4, 0.5) is 4.79 Å². The number of ether oxygens (including phenoxy) is 2. The average Bonchev–Trinajstić information content (AvgIpc) is 3.08. The Morgan fingerprint density at radius 1 is 0.943 bits per heavy atom. The number of benzene rings is 2. The molecule has 1 aliphatic rings. The van der Waals surface area contributed by atoms with Crippen molar-refractivity contribution in [2.24, 2.45) is 0 Å². The van der Waals surface area contributed by atoms with Gasteiger partial charge in [-0.3, -0.25) is 9.59 Å². The van der Waals surface area contributed by atoms with Crippen LogP contribution >= 0.6 is 0 Å². The second-order valence-electron chi connectivity index (χ2n) is 9.89. The highest BCUT2D eigenvalue weighted by Gasteiger charge is 2.33. The topological polar surface area (TPSA) is 114 Å². The predicted octanol–water partition coefficient (Wildman–Crippen LogP) is 4.08. The van der Waals surface area contributed by atoms with Crippen LogP contribution in [0.1, 0.15) is 58.1 Å².